The summed E-state index contributed by atoms with van der Waals surface area (Å²) in [6.07, 6.45) is 2.70. The van der Waals surface area contributed by atoms with Crippen molar-refractivity contribution in [2.45, 2.75) is 12.5 Å². The lowest BCUT2D eigenvalue weighted by Crippen LogP contribution is -2.29. The first-order valence-electron chi connectivity index (χ1n) is 3.98. The van der Waals surface area contributed by atoms with Crippen LogP contribution in [-0.2, 0) is 6.42 Å². The van der Waals surface area contributed by atoms with E-state index in [0.29, 0.717) is 0 Å². The van der Waals surface area contributed by atoms with E-state index in [1.807, 2.05) is 12.1 Å². The molecule has 0 bridgehead atoms. The summed E-state index contributed by atoms with van der Waals surface area (Å²) in [5.74, 6) is 0. The first-order valence-corrected chi connectivity index (χ1v) is 3.98. The monoisotopic (exact) mass is 159 g/mol. The van der Waals surface area contributed by atoms with E-state index in [9.17, 15) is 0 Å². The van der Waals surface area contributed by atoms with Crippen molar-refractivity contribution < 1.29 is 0 Å². The fraction of sp³-hybridized carbons (Fsp3) is 0.333. The Morgan fingerprint density at radius 1 is 1.67 bits per heavy atom. The van der Waals surface area contributed by atoms with Gasteiger partial charge in [-0.15, -0.1) is 0 Å². The fourth-order valence-electron chi connectivity index (χ4n) is 1.48. The maximum absolute atomic E-state index is 8.80. The molecular weight excluding hydrogens is 150 g/mol. The molecule has 1 aromatic rings. The van der Waals surface area contributed by atoms with Gasteiger partial charge in [-0.2, -0.15) is 5.26 Å². The number of hydrogen-bond donors (Lipinski definition) is 1. The third kappa shape index (κ3) is 1.06. The maximum Gasteiger partial charge on any atom is 0.123 e. The third-order valence-electron chi connectivity index (χ3n) is 2.08. The Morgan fingerprint density at radius 2 is 2.58 bits per heavy atom. The molecule has 3 heteroatoms. The molecule has 2 rings (SSSR count). The highest BCUT2D eigenvalue weighted by Gasteiger charge is 2.18. The summed E-state index contributed by atoms with van der Waals surface area (Å²) in [5, 5.41) is 11.9. The largest absolute Gasteiger partial charge is 0.298 e. The predicted molar refractivity (Wildman–Crippen MR) is 44.3 cm³/mol. The Morgan fingerprint density at radius 3 is 3.42 bits per heavy atom. The van der Waals surface area contributed by atoms with Gasteiger partial charge in [0, 0.05) is 30.4 Å². The molecule has 12 heavy (non-hydrogen) atoms. The molecule has 1 aliphatic heterocycles. The zero-order valence-electron chi connectivity index (χ0n) is 6.62. The Kier molecular flexibility index (Phi) is 1.77. The van der Waals surface area contributed by atoms with Crippen molar-refractivity contribution in [2.24, 2.45) is 0 Å². The molecule has 2 heterocycles. The Hall–Kier alpha value is -1.40. The van der Waals surface area contributed by atoms with Crippen LogP contribution < -0.4 is 5.32 Å². The molecule has 60 valence electrons. The molecule has 0 saturated heterocycles. The zero-order valence-corrected chi connectivity index (χ0v) is 6.62. The zero-order chi connectivity index (χ0) is 8.39. The van der Waals surface area contributed by atoms with Gasteiger partial charge in [-0.05, 0) is 6.07 Å². The van der Waals surface area contributed by atoms with Crippen LogP contribution in [0, 0.1) is 11.3 Å². The topological polar surface area (TPSA) is 48.7 Å². The highest BCUT2D eigenvalue weighted by Crippen LogP contribution is 2.19. The second kappa shape index (κ2) is 2.92. The van der Waals surface area contributed by atoms with E-state index in [0.717, 1.165) is 24.2 Å². The number of aromatic nitrogens is 1. The van der Waals surface area contributed by atoms with E-state index in [1.54, 1.807) is 6.20 Å². The van der Waals surface area contributed by atoms with Crippen LogP contribution in [0.3, 0.4) is 0 Å². The quantitative estimate of drug-likeness (QED) is 0.609. The molecule has 1 atom stereocenters. The van der Waals surface area contributed by atoms with Crippen LogP contribution in [0.2, 0.25) is 0 Å². The maximum atomic E-state index is 8.80. The normalized spacial score (nSPS) is 21.1. The SMILES string of the molecule is N#CC1NCCc2ncccc21. The Labute approximate surface area is 71.0 Å². The van der Waals surface area contributed by atoms with Crippen molar-refractivity contribution in [1.82, 2.24) is 10.3 Å². The van der Waals surface area contributed by atoms with Crippen molar-refractivity contribution in [3.05, 3.63) is 29.6 Å². The second-order valence-electron chi connectivity index (χ2n) is 2.81. The smallest absolute Gasteiger partial charge is 0.123 e. The molecule has 1 aliphatic rings. The highest BCUT2D eigenvalue weighted by molar-refractivity contribution is 5.30. The van der Waals surface area contributed by atoms with Gasteiger partial charge in [0.05, 0.1) is 6.07 Å². The summed E-state index contributed by atoms with van der Waals surface area (Å²) in [7, 11) is 0. The number of nitrogens with one attached hydrogen (secondary N) is 1. The Bertz CT molecular complexity index is 327. The average Bonchev–Trinajstić information content (AvgIpc) is 2.17. The molecule has 0 spiro atoms. The molecule has 1 unspecified atom stereocenters. The van der Waals surface area contributed by atoms with Gasteiger partial charge in [-0.1, -0.05) is 6.07 Å². The van der Waals surface area contributed by atoms with Gasteiger partial charge in [-0.3, -0.25) is 10.3 Å². The summed E-state index contributed by atoms with van der Waals surface area (Å²) >= 11 is 0. The first-order chi connectivity index (χ1) is 5.92. The summed E-state index contributed by atoms with van der Waals surface area (Å²) < 4.78 is 0. The molecule has 1 N–H and O–H groups in total. The van der Waals surface area contributed by atoms with E-state index in [1.165, 1.54) is 0 Å². The predicted octanol–water partition coefficient (Wildman–Crippen LogP) is 0.792. The van der Waals surface area contributed by atoms with Crippen LogP contribution in [0.5, 0.6) is 0 Å². The first kappa shape index (κ1) is 7.26. The lowest BCUT2D eigenvalue weighted by molar-refractivity contribution is 0.579. The minimum Gasteiger partial charge on any atom is -0.298 e. The van der Waals surface area contributed by atoms with Crippen LogP contribution in [0.4, 0.5) is 0 Å². The van der Waals surface area contributed by atoms with E-state index < -0.39 is 0 Å². The van der Waals surface area contributed by atoms with E-state index in [2.05, 4.69) is 16.4 Å². The van der Waals surface area contributed by atoms with Crippen LogP contribution in [0.1, 0.15) is 17.3 Å². The number of nitrogens with zero attached hydrogens (tertiary/aromatic N) is 2. The number of hydrogen-bond acceptors (Lipinski definition) is 3. The van der Waals surface area contributed by atoms with Crippen molar-refractivity contribution in [3.8, 4) is 6.07 Å². The molecule has 0 radical (unpaired) electrons. The van der Waals surface area contributed by atoms with Crippen molar-refractivity contribution >= 4 is 0 Å². The van der Waals surface area contributed by atoms with Crippen LogP contribution in [0.25, 0.3) is 0 Å². The third-order valence-corrected chi connectivity index (χ3v) is 2.08. The summed E-state index contributed by atoms with van der Waals surface area (Å²) in [5.41, 5.74) is 2.09. The van der Waals surface area contributed by atoms with Crippen molar-refractivity contribution in [2.75, 3.05) is 6.54 Å². The van der Waals surface area contributed by atoms with Gasteiger partial charge in [0.25, 0.3) is 0 Å². The number of rotatable bonds is 0. The fourth-order valence-corrected chi connectivity index (χ4v) is 1.48. The average molecular weight is 159 g/mol. The number of fused-ring (bicyclic) bond motifs is 1. The highest BCUT2D eigenvalue weighted by atomic mass is 14.9. The van der Waals surface area contributed by atoms with Crippen LogP contribution in [-0.4, -0.2) is 11.5 Å². The van der Waals surface area contributed by atoms with Gasteiger partial charge >= 0.3 is 0 Å². The minimum absolute atomic E-state index is 0.164. The van der Waals surface area contributed by atoms with Gasteiger partial charge < -0.3 is 0 Å². The van der Waals surface area contributed by atoms with E-state index >= 15 is 0 Å². The molecule has 0 fully saturated rings. The molecule has 0 saturated carbocycles. The summed E-state index contributed by atoms with van der Waals surface area (Å²) in [6.45, 7) is 0.849. The molecule has 3 nitrogen and oxygen atoms in total. The van der Waals surface area contributed by atoms with E-state index in [-0.39, 0.29) is 6.04 Å². The van der Waals surface area contributed by atoms with Crippen molar-refractivity contribution in [1.29, 1.82) is 5.26 Å². The Balaban J connectivity index is 2.45. The minimum atomic E-state index is -0.164. The molecule has 1 aromatic heterocycles. The van der Waals surface area contributed by atoms with Gasteiger partial charge in [0.1, 0.15) is 6.04 Å². The van der Waals surface area contributed by atoms with Crippen LogP contribution >= 0.6 is 0 Å². The van der Waals surface area contributed by atoms with Gasteiger partial charge in [-0.25, -0.2) is 0 Å². The number of pyridine rings is 1. The standard InChI is InChI=1S/C9H9N3/c10-6-9-7-2-1-4-11-8(7)3-5-12-9/h1-2,4,9,12H,3,5H2. The lowest BCUT2D eigenvalue weighted by atomic mass is 10.0. The molecular formula is C9H9N3. The van der Waals surface area contributed by atoms with Crippen LogP contribution in [0.15, 0.2) is 18.3 Å². The lowest BCUT2D eigenvalue weighted by Gasteiger charge is -2.20. The van der Waals surface area contributed by atoms with Gasteiger partial charge in [0.2, 0.25) is 0 Å². The second-order valence-corrected chi connectivity index (χ2v) is 2.81. The summed E-state index contributed by atoms with van der Waals surface area (Å²) in [4.78, 5) is 4.23. The summed E-state index contributed by atoms with van der Waals surface area (Å²) in [6, 6.07) is 5.88. The van der Waals surface area contributed by atoms with E-state index in [4.69, 9.17) is 5.26 Å². The molecule has 0 aliphatic carbocycles. The van der Waals surface area contributed by atoms with Crippen molar-refractivity contribution in [3.63, 3.8) is 0 Å². The molecule has 0 aromatic carbocycles. The molecule has 0 amide bonds. The number of nitriles is 1. The van der Waals surface area contributed by atoms with Gasteiger partial charge in [0.15, 0.2) is 0 Å².